The van der Waals surface area contributed by atoms with Crippen LogP contribution < -0.4 is 5.32 Å². The second-order valence-electron chi connectivity index (χ2n) is 4.36. The summed E-state index contributed by atoms with van der Waals surface area (Å²) in [5.74, 6) is -0.320. The summed E-state index contributed by atoms with van der Waals surface area (Å²) in [6.45, 7) is 1.82. The van der Waals surface area contributed by atoms with E-state index in [9.17, 15) is 4.79 Å². The van der Waals surface area contributed by atoms with Crippen molar-refractivity contribution in [2.45, 2.75) is 13.0 Å². The highest BCUT2D eigenvalue weighted by molar-refractivity contribution is 6.35. The average Bonchev–Trinajstić information content (AvgIpc) is 2.37. The lowest BCUT2D eigenvalue weighted by molar-refractivity contribution is 0.0940. The van der Waals surface area contributed by atoms with E-state index in [1.54, 1.807) is 18.2 Å². The van der Waals surface area contributed by atoms with Crippen LogP contribution >= 0.6 is 46.4 Å². The number of halogens is 4. The molecule has 21 heavy (non-hydrogen) atoms. The van der Waals surface area contributed by atoms with Crippen LogP contribution in [0.5, 0.6) is 0 Å². The van der Waals surface area contributed by atoms with Crippen molar-refractivity contribution < 1.29 is 4.79 Å². The highest BCUT2D eigenvalue weighted by atomic mass is 35.5. The maximum Gasteiger partial charge on any atom is 0.251 e. The smallest absolute Gasteiger partial charge is 0.251 e. The van der Waals surface area contributed by atoms with Crippen molar-refractivity contribution >= 4 is 52.3 Å². The summed E-state index contributed by atoms with van der Waals surface area (Å²) < 4.78 is 0. The minimum atomic E-state index is -0.320. The van der Waals surface area contributed by atoms with Crippen molar-refractivity contribution in [3.8, 4) is 0 Å². The van der Waals surface area contributed by atoms with Gasteiger partial charge in [0.25, 0.3) is 5.91 Å². The molecule has 1 unspecified atom stereocenters. The number of aromatic nitrogens is 1. The van der Waals surface area contributed by atoms with Crippen molar-refractivity contribution in [1.82, 2.24) is 10.3 Å². The van der Waals surface area contributed by atoms with Crippen LogP contribution in [0.1, 0.15) is 28.9 Å². The number of carbonyl (C=O) groups is 1. The summed E-state index contributed by atoms with van der Waals surface area (Å²) in [7, 11) is 0. The molecule has 0 saturated heterocycles. The number of amides is 1. The van der Waals surface area contributed by atoms with Gasteiger partial charge in [-0.05, 0) is 36.8 Å². The molecule has 1 amide bonds. The van der Waals surface area contributed by atoms with Crippen molar-refractivity contribution in [2.24, 2.45) is 0 Å². The first-order valence-electron chi connectivity index (χ1n) is 5.95. The van der Waals surface area contributed by atoms with Gasteiger partial charge < -0.3 is 5.32 Å². The predicted molar refractivity (Wildman–Crippen MR) is 86.6 cm³/mol. The number of rotatable bonds is 3. The molecule has 1 aromatic carbocycles. The molecule has 1 heterocycles. The zero-order valence-electron chi connectivity index (χ0n) is 10.8. The molecule has 1 aromatic heterocycles. The lowest BCUT2D eigenvalue weighted by Gasteiger charge is -2.16. The molecule has 0 aliphatic carbocycles. The van der Waals surface area contributed by atoms with E-state index in [4.69, 9.17) is 46.4 Å². The van der Waals surface area contributed by atoms with Crippen LogP contribution in [0, 0.1) is 0 Å². The van der Waals surface area contributed by atoms with Gasteiger partial charge in [-0.1, -0.05) is 52.5 Å². The van der Waals surface area contributed by atoms with E-state index < -0.39 is 0 Å². The second kappa shape index (κ2) is 6.84. The van der Waals surface area contributed by atoms with Gasteiger partial charge in [-0.15, -0.1) is 0 Å². The van der Waals surface area contributed by atoms with Gasteiger partial charge in [-0.25, -0.2) is 4.98 Å². The Morgan fingerprint density at radius 3 is 2.29 bits per heavy atom. The summed E-state index contributed by atoms with van der Waals surface area (Å²) in [5.41, 5.74) is 1.10. The van der Waals surface area contributed by atoms with Crippen LogP contribution in [0.2, 0.25) is 20.4 Å². The third-order valence-electron chi connectivity index (χ3n) is 2.80. The zero-order chi connectivity index (χ0) is 15.6. The van der Waals surface area contributed by atoms with Crippen LogP contribution in [0.25, 0.3) is 0 Å². The number of benzene rings is 1. The molecular weight excluding hydrogens is 354 g/mol. The Kier molecular flexibility index (Phi) is 5.33. The SMILES string of the molecule is CC(NC(=O)c1cc(Cl)nc(Cl)c1)c1ccc(Cl)cc1Cl. The number of hydrogen-bond acceptors (Lipinski definition) is 2. The largest absolute Gasteiger partial charge is 0.345 e. The molecule has 1 atom stereocenters. The van der Waals surface area contributed by atoms with Gasteiger partial charge in [-0.3, -0.25) is 4.79 Å². The van der Waals surface area contributed by atoms with Gasteiger partial charge in [0.2, 0.25) is 0 Å². The fourth-order valence-corrected chi connectivity index (χ4v) is 2.84. The van der Waals surface area contributed by atoms with Crippen molar-refractivity contribution in [3.05, 3.63) is 61.8 Å². The Morgan fingerprint density at radius 1 is 1.10 bits per heavy atom. The Hall–Kier alpha value is -1.000. The number of nitrogens with one attached hydrogen (secondary N) is 1. The molecule has 2 rings (SSSR count). The van der Waals surface area contributed by atoms with Gasteiger partial charge in [0.05, 0.1) is 6.04 Å². The minimum absolute atomic E-state index is 0.157. The monoisotopic (exact) mass is 362 g/mol. The highest BCUT2D eigenvalue weighted by Crippen LogP contribution is 2.26. The van der Waals surface area contributed by atoms with E-state index in [0.717, 1.165) is 5.56 Å². The molecule has 0 spiro atoms. The third kappa shape index (κ3) is 4.24. The summed E-state index contributed by atoms with van der Waals surface area (Å²) in [5, 5.41) is 4.15. The summed E-state index contributed by atoms with van der Waals surface area (Å²) in [4.78, 5) is 16.0. The van der Waals surface area contributed by atoms with E-state index >= 15 is 0 Å². The van der Waals surface area contributed by atoms with Gasteiger partial charge in [0, 0.05) is 15.6 Å². The molecule has 2 aromatic rings. The molecule has 1 N–H and O–H groups in total. The topological polar surface area (TPSA) is 42.0 Å². The molecule has 0 radical (unpaired) electrons. The van der Waals surface area contributed by atoms with Crippen molar-refractivity contribution in [2.75, 3.05) is 0 Å². The van der Waals surface area contributed by atoms with Crippen LogP contribution in [-0.4, -0.2) is 10.9 Å². The molecule has 110 valence electrons. The van der Waals surface area contributed by atoms with Crippen LogP contribution in [-0.2, 0) is 0 Å². The van der Waals surface area contributed by atoms with E-state index in [0.29, 0.717) is 15.6 Å². The fraction of sp³-hybridized carbons (Fsp3) is 0.143. The van der Waals surface area contributed by atoms with Crippen LogP contribution in [0.4, 0.5) is 0 Å². The van der Waals surface area contributed by atoms with Gasteiger partial charge in [0.15, 0.2) is 0 Å². The van der Waals surface area contributed by atoms with E-state index in [-0.39, 0.29) is 22.3 Å². The lowest BCUT2D eigenvalue weighted by Crippen LogP contribution is -2.26. The number of pyridine rings is 1. The van der Waals surface area contributed by atoms with Crippen molar-refractivity contribution in [3.63, 3.8) is 0 Å². The number of hydrogen-bond donors (Lipinski definition) is 1. The van der Waals surface area contributed by atoms with Gasteiger partial charge in [0.1, 0.15) is 10.3 Å². The molecule has 3 nitrogen and oxygen atoms in total. The fourth-order valence-electron chi connectivity index (χ4n) is 1.81. The Balaban J connectivity index is 2.18. The second-order valence-corrected chi connectivity index (χ2v) is 5.98. The molecule has 0 bridgehead atoms. The summed E-state index contributed by atoms with van der Waals surface area (Å²) >= 11 is 23.5. The molecule has 0 fully saturated rings. The lowest BCUT2D eigenvalue weighted by atomic mass is 10.1. The van der Waals surface area contributed by atoms with E-state index in [1.807, 2.05) is 6.92 Å². The summed E-state index contributed by atoms with van der Waals surface area (Å²) in [6.07, 6.45) is 0. The van der Waals surface area contributed by atoms with E-state index in [2.05, 4.69) is 10.3 Å². The Morgan fingerprint density at radius 2 is 1.71 bits per heavy atom. The predicted octanol–water partition coefficient (Wildman–Crippen LogP) is 5.19. The summed E-state index contributed by atoms with van der Waals surface area (Å²) in [6, 6.07) is 7.69. The minimum Gasteiger partial charge on any atom is -0.345 e. The van der Waals surface area contributed by atoms with Gasteiger partial charge in [-0.2, -0.15) is 0 Å². The van der Waals surface area contributed by atoms with Crippen molar-refractivity contribution in [1.29, 1.82) is 0 Å². The maximum absolute atomic E-state index is 12.2. The molecule has 0 saturated carbocycles. The molecule has 0 aliphatic heterocycles. The van der Waals surface area contributed by atoms with E-state index in [1.165, 1.54) is 12.1 Å². The van der Waals surface area contributed by atoms with Crippen LogP contribution in [0.15, 0.2) is 30.3 Å². The first-order valence-corrected chi connectivity index (χ1v) is 7.47. The number of carbonyl (C=O) groups excluding carboxylic acids is 1. The van der Waals surface area contributed by atoms with Crippen LogP contribution in [0.3, 0.4) is 0 Å². The Bertz CT molecular complexity index is 670. The average molecular weight is 364 g/mol. The first kappa shape index (κ1) is 16.4. The third-order valence-corrected chi connectivity index (χ3v) is 3.75. The van der Waals surface area contributed by atoms with Gasteiger partial charge >= 0.3 is 0 Å². The molecule has 7 heteroatoms. The normalized spacial score (nSPS) is 12.0. The Labute approximate surface area is 142 Å². The molecular formula is C14H10Cl4N2O. The highest BCUT2D eigenvalue weighted by Gasteiger charge is 2.15. The zero-order valence-corrected chi connectivity index (χ0v) is 13.9. The quantitative estimate of drug-likeness (QED) is 0.762. The maximum atomic E-state index is 12.2. The first-order chi connectivity index (χ1) is 9.86. The number of nitrogens with zero attached hydrogens (tertiary/aromatic N) is 1. The molecule has 0 aliphatic rings. The standard InChI is InChI=1S/C14H10Cl4N2O/c1-7(10-3-2-9(15)6-11(10)16)19-14(21)8-4-12(17)20-13(18)5-8/h2-7H,1H3,(H,19,21).